The molecule has 0 fully saturated rings. The molecule has 0 spiro atoms. The molecule has 3 rings (SSSR count). The number of fused-ring (bicyclic) bond motifs is 1. The smallest absolute Gasteiger partial charge is 0.232 e. The summed E-state index contributed by atoms with van der Waals surface area (Å²) >= 11 is 12.3. The van der Waals surface area contributed by atoms with Crippen molar-refractivity contribution in [3.05, 3.63) is 62.8 Å². The highest BCUT2D eigenvalue weighted by atomic mass is 35.5. The SMILES string of the molecule is CCOc1cc(C)c2c(c1)O/C(=C\c1c(Cl)cccc1Cl)C2=O. The number of allylic oxidation sites excluding steroid dienone is 1. The van der Waals surface area contributed by atoms with Crippen LogP contribution in [0.25, 0.3) is 6.08 Å². The molecule has 0 atom stereocenters. The van der Waals surface area contributed by atoms with Crippen LogP contribution in [0.5, 0.6) is 11.5 Å². The average Bonchev–Trinajstić information content (AvgIpc) is 2.80. The zero-order valence-corrected chi connectivity index (χ0v) is 14.2. The Morgan fingerprint density at radius 1 is 1.22 bits per heavy atom. The lowest BCUT2D eigenvalue weighted by atomic mass is 10.0. The molecule has 3 nitrogen and oxygen atoms in total. The third-order valence-corrected chi connectivity index (χ3v) is 4.19. The van der Waals surface area contributed by atoms with Gasteiger partial charge in [0.2, 0.25) is 5.78 Å². The van der Waals surface area contributed by atoms with Crippen LogP contribution in [0.15, 0.2) is 36.1 Å². The number of hydrogen-bond acceptors (Lipinski definition) is 3. The Kier molecular flexibility index (Phi) is 4.33. The van der Waals surface area contributed by atoms with Crippen molar-refractivity contribution < 1.29 is 14.3 Å². The highest BCUT2D eigenvalue weighted by Crippen LogP contribution is 2.38. The summed E-state index contributed by atoms with van der Waals surface area (Å²) in [5.74, 6) is 1.18. The van der Waals surface area contributed by atoms with Crippen LogP contribution in [-0.2, 0) is 0 Å². The van der Waals surface area contributed by atoms with Crippen LogP contribution >= 0.6 is 23.2 Å². The molecule has 0 bridgehead atoms. The number of benzene rings is 2. The van der Waals surface area contributed by atoms with Crippen LogP contribution in [0.1, 0.15) is 28.4 Å². The van der Waals surface area contributed by atoms with E-state index in [2.05, 4.69) is 0 Å². The largest absolute Gasteiger partial charge is 0.494 e. The van der Waals surface area contributed by atoms with Crippen LogP contribution in [0.4, 0.5) is 0 Å². The van der Waals surface area contributed by atoms with E-state index in [0.717, 1.165) is 5.56 Å². The molecule has 118 valence electrons. The van der Waals surface area contributed by atoms with Gasteiger partial charge < -0.3 is 9.47 Å². The molecule has 1 aliphatic heterocycles. The molecule has 2 aromatic carbocycles. The molecule has 2 aromatic rings. The number of Topliss-reactive ketones (excluding diaryl/α,β-unsaturated/α-hetero) is 1. The lowest BCUT2D eigenvalue weighted by Crippen LogP contribution is -2.00. The zero-order chi connectivity index (χ0) is 16.6. The third kappa shape index (κ3) is 2.94. The maximum Gasteiger partial charge on any atom is 0.232 e. The van der Waals surface area contributed by atoms with Crippen LogP contribution in [0.2, 0.25) is 10.0 Å². The quantitative estimate of drug-likeness (QED) is 0.704. The number of carbonyl (C=O) groups is 1. The van der Waals surface area contributed by atoms with E-state index in [-0.39, 0.29) is 11.5 Å². The second-order valence-electron chi connectivity index (χ2n) is 5.12. The predicted molar refractivity (Wildman–Crippen MR) is 91.7 cm³/mol. The van der Waals surface area contributed by atoms with Crippen molar-refractivity contribution in [3.8, 4) is 11.5 Å². The molecule has 0 unspecified atom stereocenters. The number of carbonyl (C=O) groups excluding carboxylic acids is 1. The van der Waals surface area contributed by atoms with E-state index in [4.69, 9.17) is 32.7 Å². The van der Waals surface area contributed by atoms with E-state index in [1.165, 1.54) is 0 Å². The molecule has 0 radical (unpaired) electrons. The maximum atomic E-state index is 12.6. The molecule has 0 amide bonds. The van der Waals surface area contributed by atoms with Crippen molar-refractivity contribution in [2.75, 3.05) is 6.61 Å². The second kappa shape index (κ2) is 6.26. The van der Waals surface area contributed by atoms with Gasteiger partial charge >= 0.3 is 0 Å². The van der Waals surface area contributed by atoms with Crippen LogP contribution in [0, 0.1) is 6.92 Å². The Labute approximate surface area is 144 Å². The first kappa shape index (κ1) is 15.9. The second-order valence-corrected chi connectivity index (χ2v) is 5.94. The summed E-state index contributed by atoms with van der Waals surface area (Å²) < 4.78 is 11.2. The van der Waals surface area contributed by atoms with Crippen molar-refractivity contribution >= 4 is 35.1 Å². The van der Waals surface area contributed by atoms with E-state index >= 15 is 0 Å². The summed E-state index contributed by atoms with van der Waals surface area (Å²) in [6.07, 6.45) is 1.58. The fourth-order valence-corrected chi connectivity index (χ4v) is 3.01. The standard InChI is InChI=1S/C18H14Cl2O3/c1-3-22-11-7-10(2)17-15(8-11)23-16(18(17)21)9-12-13(19)5-4-6-14(12)20/h4-9H,3H2,1-2H3/b16-9-. The Balaban J connectivity index is 2.04. The highest BCUT2D eigenvalue weighted by molar-refractivity contribution is 6.37. The minimum absolute atomic E-state index is 0.184. The molecular weight excluding hydrogens is 335 g/mol. The van der Waals surface area contributed by atoms with Crippen LogP contribution in [0.3, 0.4) is 0 Å². The highest BCUT2D eigenvalue weighted by Gasteiger charge is 2.30. The molecular formula is C18H14Cl2O3. The van der Waals surface area contributed by atoms with E-state index in [1.807, 2.05) is 19.9 Å². The predicted octanol–water partition coefficient (Wildman–Crippen LogP) is 5.32. The van der Waals surface area contributed by atoms with Crippen LogP contribution < -0.4 is 9.47 Å². The molecule has 23 heavy (non-hydrogen) atoms. The molecule has 5 heteroatoms. The minimum atomic E-state index is -0.184. The summed E-state index contributed by atoms with van der Waals surface area (Å²) in [4.78, 5) is 12.6. The fraction of sp³-hybridized carbons (Fsp3) is 0.167. The molecule has 0 N–H and O–H groups in total. The average molecular weight is 349 g/mol. The Bertz CT molecular complexity index is 805. The topological polar surface area (TPSA) is 35.5 Å². The van der Waals surface area contributed by atoms with E-state index in [1.54, 1.807) is 30.3 Å². The summed E-state index contributed by atoms with van der Waals surface area (Å²) in [5.41, 5.74) is 1.92. The number of rotatable bonds is 3. The minimum Gasteiger partial charge on any atom is -0.494 e. The van der Waals surface area contributed by atoms with Crippen molar-refractivity contribution in [2.45, 2.75) is 13.8 Å². The van der Waals surface area contributed by atoms with Gasteiger partial charge in [0.05, 0.1) is 12.2 Å². The summed E-state index contributed by atoms with van der Waals surface area (Å²) in [5, 5.41) is 0.924. The van der Waals surface area contributed by atoms with Crippen molar-refractivity contribution in [3.63, 3.8) is 0 Å². The number of hydrogen-bond donors (Lipinski definition) is 0. The van der Waals surface area contributed by atoms with Gasteiger partial charge in [0.1, 0.15) is 11.5 Å². The van der Waals surface area contributed by atoms with Gasteiger partial charge in [0.25, 0.3) is 0 Å². The molecule has 0 saturated heterocycles. The van der Waals surface area contributed by atoms with Gasteiger partial charge in [-0.2, -0.15) is 0 Å². The number of halogens is 2. The first-order valence-corrected chi connectivity index (χ1v) is 7.92. The molecule has 1 heterocycles. The van der Waals surface area contributed by atoms with Gasteiger partial charge in [0, 0.05) is 21.7 Å². The lowest BCUT2D eigenvalue weighted by molar-refractivity contribution is 0.101. The van der Waals surface area contributed by atoms with Gasteiger partial charge in [-0.25, -0.2) is 0 Å². The van der Waals surface area contributed by atoms with Crippen molar-refractivity contribution in [1.82, 2.24) is 0 Å². The molecule has 1 aliphatic rings. The van der Waals surface area contributed by atoms with Crippen molar-refractivity contribution in [2.24, 2.45) is 0 Å². The summed E-state index contributed by atoms with van der Waals surface area (Å²) in [6, 6.07) is 8.72. The maximum absolute atomic E-state index is 12.6. The molecule has 0 aliphatic carbocycles. The Morgan fingerprint density at radius 2 is 1.91 bits per heavy atom. The zero-order valence-electron chi connectivity index (χ0n) is 12.7. The van der Waals surface area contributed by atoms with E-state index in [0.29, 0.717) is 39.3 Å². The number of ether oxygens (including phenoxy) is 2. The molecule has 0 saturated carbocycles. The molecule has 0 aromatic heterocycles. The fourth-order valence-electron chi connectivity index (χ4n) is 2.51. The van der Waals surface area contributed by atoms with Gasteiger partial charge in [-0.1, -0.05) is 29.3 Å². The summed E-state index contributed by atoms with van der Waals surface area (Å²) in [6.45, 7) is 4.30. The van der Waals surface area contributed by atoms with E-state index < -0.39 is 0 Å². The Morgan fingerprint density at radius 3 is 2.57 bits per heavy atom. The van der Waals surface area contributed by atoms with Gasteiger partial charge in [-0.05, 0) is 43.7 Å². The van der Waals surface area contributed by atoms with Gasteiger partial charge in [-0.3, -0.25) is 4.79 Å². The van der Waals surface area contributed by atoms with Gasteiger partial charge in [0.15, 0.2) is 5.76 Å². The lowest BCUT2D eigenvalue weighted by Gasteiger charge is -2.06. The Hall–Kier alpha value is -1.97. The van der Waals surface area contributed by atoms with E-state index in [9.17, 15) is 4.79 Å². The number of aryl methyl sites for hydroxylation is 1. The first-order valence-electron chi connectivity index (χ1n) is 7.17. The van der Waals surface area contributed by atoms with Gasteiger partial charge in [-0.15, -0.1) is 0 Å². The monoisotopic (exact) mass is 348 g/mol. The normalized spacial score (nSPS) is 14.8. The van der Waals surface area contributed by atoms with Crippen LogP contribution in [-0.4, -0.2) is 12.4 Å². The third-order valence-electron chi connectivity index (χ3n) is 3.53. The van der Waals surface area contributed by atoms with Crippen molar-refractivity contribution in [1.29, 1.82) is 0 Å². The number of ketones is 1. The first-order chi connectivity index (χ1) is 11.0. The summed E-state index contributed by atoms with van der Waals surface area (Å²) in [7, 11) is 0.